The minimum absolute atomic E-state index is 0.00252. The number of aromatic hydroxyl groups is 1. The van der Waals surface area contributed by atoms with Crippen LogP contribution < -0.4 is 4.74 Å². The van der Waals surface area contributed by atoms with Gasteiger partial charge in [-0.15, -0.1) is 0 Å². The lowest BCUT2D eigenvalue weighted by Crippen LogP contribution is -2.30. The van der Waals surface area contributed by atoms with E-state index in [1.165, 1.54) is 14.2 Å². The number of alkyl halides is 3. The molecule has 1 N–H and O–H groups in total. The molecular formula is C11H14F3NO2. The van der Waals surface area contributed by atoms with E-state index in [2.05, 4.69) is 0 Å². The zero-order valence-electron chi connectivity index (χ0n) is 9.58. The Hall–Kier alpha value is -1.43. The minimum Gasteiger partial charge on any atom is -0.504 e. The normalized spacial score (nSPS) is 11.9. The maximum atomic E-state index is 12.1. The van der Waals surface area contributed by atoms with Gasteiger partial charge in [0, 0.05) is 12.1 Å². The van der Waals surface area contributed by atoms with Gasteiger partial charge in [0.1, 0.15) is 0 Å². The summed E-state index contributed by atoms with van der Waals surface area (Å²) >= 11 is 0. The molecule has 0 aliphatic rings. The van der Waals surface area contributed by atoms with Gasteiger partial charge in [-0.1, -0.05) is 12.1 Å². The first-order valence-electron chi connectivity index (χ1n) is 4.93. The van der Waals surface area contributed by atoms with E-state index in [1.54, 1.807) is 18.2 Å². The van der Waals surface area contributed by atoms with E-state index in [0.29, 0.717) is 5.56 Å². The first-order chi connectivity index (χ1) is 7.83. The van der Waals surface area contributed by atoms with E-state index in [4.69, 9.17) is 4.74 Å². The predicted molar refractivity (Wildman–Crippen MR) is 57.0 cm³/mol. The summed E-state index contributed by atoms with van der Waals surface area (Å²) < 4.78 is 41.3. The number of para-hydroxylation sites is 1. The molecule has 0 aromatic heterocycles. The number of hydrogen-bond donors (Lipinski definition) is 1. The van der Waals surface area contributed by atoms with Crippen LogP contribution in [0.5, 0.6) is 11.5 Å². The fraction of sp³-hybridized carbons (Fsp3) is 0.455. The average molecular weight is 249 g/mol. The standard InChI is InChI=1S/C11H14F3NO2/c1-15(7-11(12,13)14)6-8-4-3-5-9(17-2)10(8)16/h3-5,16H,6-7H2,1-2H3. The molecule has 1 aromatic carbocycles. The molecule has 0 aliphatic heterocycles. The quantitative estimate of drug-likeness (QED) is 0.889. The number of phenols is 1. The number of phenolic OH excluding ortho intramolecular Hbond substituents is 1. The zero-order valence-corrected chi connectivity index (χ0v) is 9.58. The van der Waals surface area contributed by atoms with Crippen LogP contribution in [0.2, 0.25) is 0 Å². The Kier molecular flexibility index (Phi) is 4.22. The minimum atomic E-state index is -4.25. The SMILES string of the molecule is COc1cccc(CN(C)CC(F)(F)F)c1O. The highest BCUT2D eigenvalue weighted by Gasteiger charge is 2.29. The second kappa shape index (κ2) is 5.27. The van der Waals surface area contributed by atoms with Crippen LogP contribution in [0.15, 0.2) is 18.2 Å². The fourth-order valence-electron chi connectivity index (χ4n) is 1.51. The summed E-state index contributed by atoms with van der Waals surface area (Å²) in [6.07, 6.45) is -4.25. The smallest absolute Gasteiger partial charge is 0.401 e. The lowest BCUT2D eigenvalue weighted by atomic mass is 10.1. The van der Waals surface area contributed by atoms with Gasteiger partial charge < -0.3 is 9.84 Å². The van der Waals surface area contributed by atoms with E-state index in [-0.39, 0.29) is 18.0 Å². The maximum absolute atomic E-state index is 12.1. The van der Waals surface area contributed by atoms with Crippen LogP contribution in [0.25, 0.3) is 0 Å². The molecule has 96 valence electrons. The van der Waals surface area contributed by atoms with Crippen molar-refractivity contribution in [2.24, 2.45) is 0 Å². The number of benzene rings is 1. The third-order valence-corrected chi connectivity index (χ3v) is 2.19. The second-order valence-electron chi connectivity index (χ2n) is 3.76. The van der Waals surface area contributed by atoms with Gasteiger partial charge in [-0.3, -0.25) is 4.90 Å². The lowest BCUT2D eigenvalue weighted by Gasteiger charge is -2.19. The first-order valence-corrected chi connectivity index (χ1v) is 4.93. The zero-order chi connectivity index (χ0) is 13.1. The molecule has 0 bridgehead atoms. The largest absolute Gasteiger partial charge is 0.504 e. The average Bonchev–Trinajstić information content (AvgIpc) is 2.18. The molecule has 0 heterocycles. The number of ether oxygens (including phenoxy) is 1. The maximum Gasteiger partial charge on any atom is 0.401 e. The van der Waals surface area contributed by atoms with Crippen LogP contribution in [0, 0.1) is 0 Å². The third kappa shape index (κ3) is 4.14. The van der Waals surface area contributed by atoms with E-state index in [9.17, 15) is 18.3 Å². The van der Waals surface area contributed by atoms with E-state index >= 15 is 0 Å². The van der Waals surface area contributed by atoms with Crippen molar-refractivity contribution < 1.29 is 23.0 Å². The van der Waals surface area contributed by atoms with Crippen LogP contribution >= 0.6 is 0 Å². The van der Waals surface area contributed by atoms with Crippen LogP contribution in [0.3, 0.4) is 0 Å². The van der Waals surface area contributed by atoms with Crippen molar-refractivity contribution in [2.45, 2.75) is 12.7 Å². The molecule has 0 amide bonds. The first kappa shape index (κ1) is 13.6. The molecule has 0 unspecified atom stereocenters. The molecule has 3 nitrogen and oxygen atoms in total. The highest BCUT2D eigenvalue weighted by Crippen LogP contribution is 2.30. The van der Waals surface area contributed by atoms with Crippen molar-refractivity contribution in [3.05, 3.63) is 23.8 Å². The monoisotopic (exact) mass is 249 g/mol. The van der Waals surface area contributed by atoms with Gasteiger partial charge in [-0.2, -0.15) is 13.2 Å². The molecule has 0 radical (unpaired) electrons. The molecule has 1 rings (SSSR count). The van der Waals surface area contributed by atoms with Gasteiger partial charge in [0.2, 0.25) is 0 Å². The molecular weight excluding hydrogens is 235 g/mol. The Bertz CT molecular complexity index is 379. The summed E-state index contributed by atoms with van der Waals surface area (Å²) in [6, 6.07) is 4.72. The van der Waals surface area contributed by atoms with Crippen molar-refractivity contribution in [1.29, 1.82) is 0 Å². The number of hydrogen-bond acceptors (Lipinski definition) is 3. The van der Waals surface area contributed by atoms with Gasteiger partial charge >= 0.3 is 6.18 Å². The number of halogens is 3. The van der Waals surface area contributed by atoms with Crippen molar-refractivity contribution in [3.63, 3.8) is 0 Å². The van der Waals surface area contributed by atoms with E-state index in [1.807, 2.05) is 0 Å². The van der Waals surface area contributed by atoms with Gasteiger partial charge in [-0.05, 0) is 13.1 Å². The number of nitrogens with zero attached hydrogens (tertiary/aromatic N) is 1. The van der Waals surface area contributed by atoms with Crippen molar-refractivity contribution in [1.82, 2.24) is 4.90 Å². The van der Waals surface area contributed by atoms with Gasteiger partial charge in [0.05, 0.1) is 13.7 Å². The predicted octanol–water partition coefficient (Wildman–Crippen LogP) is 2.39. The Labute approximate surface area is 97.4 Å². The van der Waals surface area contributed by atoms with E-state index in [0.717, 1.165) is 4.90 Å². The van der Waals surface area contributed by atoms with Crippen molar-refractivity contribution in [3.8, 4) is 11.5 Å². The lowest BCUT2D eigenvalue weighted by molar-refractivity contribution is -0.144. The second-order valence-corrected chi connectivity index (χ2v) is 3.76. The fourth-order valence-corrected chi connectivity index (χ4v) is 1.51. The van der Waals surface area contributed by atoms with Gasteiger partial charge in [0.15, 0.2) is 11.5 Å². The van der Waals surface area contributed by atoms with Crippen LogP contribution in [-0.4, -0.2) is 36.9 Å². The highest BCUT2D eigenvalue weighted by molar-refractivity contribution is 5.45. The summed E-state index contributed by atoms with van der Waals surface area (Å²) in [5.74, 6) is 0.131. The Morgan fingerprint density at radius 3 is 2.53 bits per heavy atom. The molecule has 0 spiro atoms. The number of rotatable bonds is 4. The molecule has 1 aromatic rings. The molecule has 6 heteroatoms. The third-order valence-electron chi connectivity index (χ3n) is 2.19. The highest BCUT2D eigenvalue weighted by atomic mass is 19.4. The van der Waals surface area contributed by atoms with E-state index < -0.39 is 12.7 Å². The molecule has 0 saturated carbocycles. The summed E-state index contributed by atoms with van der Waals surface area (Å²) in [5, 5.41) is 9.70. The molecule has 0 atom stereocenters. The van der Waals surface area contributed by atoms with Crippen LogP contribution in [0.4, 0.5) is 13.2 Å². The summed E-state index contributed by atoms with van der Waals surface area (Å²) in [7, 11) is 2.73. The molecule has 0 fully saturated rings. The summed E-state index contributed by atoms with van der Waals surface area (Å²) in [5.41, 5.74) is 0.399. The van der Waals surface area contributed by atoms with Crippen molar-refractivity contribution in [2.75, 3.05) is 20.7 Å². The molecule has 17 heavy (non-hydrogen) atoms. The topological polar surface area (TPSA) is 32.7 Å². The molecule has 0 saturated heterocycles. The van der Waals surface area contributed by atoms with Crippen LogP contribution in [-0.2, 0) is 6.54 Å². The number of methoxy groups -OCH3 is 1. The Morgan fingerprint density at radius 2 is 2.00 bits per heavy atom. The molecule has 0 aliphatic carbocycles. The van der Waals surface area contributed by atoms with Crippen LogP contribution in [0.1, 0.15) is 5.56 Å². The Balaban J connectivity index is 2.75. The summed E-state index contributed by atoms with van der Waals surface area (Å²) in [4.78, 5) is 1.08. The van der Waals surface area contributed by atoms with Gasteiger partial charge in [0.25, 0.3) is 0 Å². The van der Waals surface area contributed by atoms with Crippen molar-refractivity contribution >= 4 is 0 Å². The Morgan fingerprint density at radius 1 is 1.35 bits per heavy atom. The summed E-state index contributed by atoms with van der Waals surface area (Å²) in [6.45, 7) is -1.02. The van der Waals surface area contributed by atoms with Gasteiger partial charge in [-0.25, -0.2) is 0 Å².